The van der Waals surface area contributed by atoms with E-state index in [0.29, 0.717) is 4.88 Å². The van der Waals surface area contributed by atoms with Gasteiger partial charge in [-0.15, -0.1) is 32.9 Å². The Morgan fingerprint density at radius 2 is 2.20 bits per heavy atom. The Morgan fingerprint density at radius 3 is 2.90 bits per heavy atom. The lowest BCUT2D eigenvalue weighted by Gasteiger charge is -1.98. The number of rotatable bonds is 4. The minimum absolute atomic E-state index is 0.00687. The molecule has 3 heterocycles. The largest absolute Gasteiger partial charge is 0.504 e. The topological polar surface area (TPSA) is 91.8 Å². The molecule has 3 rings (SSSR count). The van der Waals surface area contributed by atoms with E-state index >= 15 is 0 Å². The van der Waals surface area contributed by atoms with Gasteiger partial charge in [0.15, 0.2) is 11.5 Å². The molecular weight excluding hydrogens is 296 g/mol. The SMILES string of the molecule is O=C(C=C(O)c1nn[nH]n1)c1sccc1-c1cccs1. The number of ketones is 1. The van der Waals surface area contributed by atoms with Gasteiger partial charge in [-0.1, -0.05) is 6.07 Å². The van der Waals surface area contributed by atoms with Crippen molar-refractivity contribution in [3.05, 3.63) is 45.7 Å². The molecule has 100 valence electrons. The highest BCUT2D eigenvalue weighted by molar-refractivity contribution is 7.15. The number of hydrogen-bond acceptors (Lipinski definition) is 7. The Kier molecular flexibility index (Phi) is 3.40. The van der Waals surface area contributed by atoms with Gasteiger partial charge in [0.25, 0.3) is 0 Å². The number of tetrazole rings is 1. The summed E-state index contributed by atoms with van der Waals surface area (Å²) in [4.78, 5) is 13.8. The highest BCUT2D eigenvalue weighted by atomic mass is 32.1. The monoisotopic (exact) mass is 304 g/mol. The van der Waals surface area contributed by atoms with Crippen molar-refractivity contribution in [1.29, 1.82) is 0 Å². The number of aliphatic hydroxyl groups is 1. The van der Waals surface area contributed by atoms with E-state index < -0.39 is 0 Å². The molecule has 0 unspecified atom stereocenters. The first-order valence-electron chi connectivity index (χ1n) is 5.56. The Morgan fingerprint density at radius 1 is 1.30 bits per heavy atom. The van der Waals surface area contributed by atoms with E-state index in [1.54, 1.807) is 11.3 Å². The number of nitrogens with one attached hydrogen (secondary N) is 1. The van der Waals surface area contributed by atoms with Crippen LogP contribution in [0, 0.1) is 0 Å². The second kappa shape index (κ2) is 5.35. The highest BCUT2D eigenvalue weighted by Gasteiger charge is 2.15. The zero-order valence-electron chi connectivity index (χ0n) is 9.98. The summed E-state index contributed by atoms with van der Waals surface area (Å²) in [5.74, 6) is -0.604. The van der Waals surface area contributed by atoms with Gasteiger partial charge in [-0.05, 0) is 28.1 Å². The third kappa shape index (κ3) is 2.38. The summed E-state index contributed by atoms with van der Waals surface area (Å²) in [7, 11) is 0. The summed E-state index contributed by atoms with van der Waals surface area (Å²) < 4.78 is 0. The molecule has 0 bridgehead atoms. The van der Waals surface area contributed by atoms with E-state index in [1.807, 2.05) is 29.0 Å². The van der Waals surface area contributed by atoms with Gasteiger partial charge in [0.05, 0.1) is 4.88 Å². The van der Waals surface area contributed by atoms with Crippen LogP contribution in [0.1, 0.15) is 15.5 Å². The molecule has 0 amide bonds. The average Bonchev–Trinajstić information content (AvgIpc) is 3.19. The van der Waals surface area contributed by atoms with Gasteiger partial charge in [-0.2, -0.15) is 5.21 Å². The van der Waals surface area contributed by atoms with Gasteiger partial charge < -0.3 is 5.11 Å². The maximum Gasteiger partial charge on any atom is 0.239 e. The molecule has 0 aliphatic carbocycles. The van der Waals surface area contributed by atoms with Crippen molar-refractivity contribution in [2.24, 2.45) is 0 Å². The number of aromatic amines is 1. The van der Waals surface area contributed by atoms with Gasteiger partial charge in [0.2, 0.25) is 5.82 Å². The molecule has 3 aromatic heterocycles. The molecule has 0 atom stereocenters. The number of carbonyl (C=O) groups is 1. The van der Waals surface area contributed by atoms with Gasteiger partial charge in [0, 0.05) is 16.5 Å². The van der Waals surface area contributed by atoms with E-state index in [0.717, 1.165) is 16.5 Å². The van der Waals surface area contributed by atoms with E-state index in [9.17, 15) is 9.90 Å². The molecule has 2 N–H and O–H groups in total. The van der Waals surface area contributed by atoms with Crippen LogP contribution in [-0.4, -0.2) is 31.5 Å². The summed E-state index contributed by atoms with van der Waals surface area (Å²) in [5, 5.41) is 26.3. The number of nitrogens with zero attached hydrogens (tertiary/aromatic N) is 3. The number of carbonyl (C=O) groups excluding carboxylic acids is 1. The summed E-state index contributed by atoms with van der Waals surface area (Å²) in [6.45, 7) is 0. The summed E-state index contributed by atoms with van der Waals surface area (Å²) >= 11 is 2.89. The molecule has 0 spiro atoms. The van der Waals surface area contributed by atoms with E-state index in [-0.39, 0.29) is 17.4 Å². The van der Waals surface area contributed by atoms with Crippen LogP contribution in [0.5, 0.6) is 0 Å². The summed E-state index contributed by atoms with van der Waals surface area (Å²) in [6, 6.07) is 5.77. The molecule has 20 heavy (non-hydrogen) atoms. The molecule has 0 aliphatic rings. The molecule has 0 fully saturated rings. The van der Waals surface area contributed by atoms with E-state index in [1.165, 1.54) is 11.3 Å². The lowest BCUT2D eigenvalue weighted by atomic mass is 10.1. The standard InChI is InChI=1S/C12H8N4O2S2/c17-8(6-9(18)12-13-15-16-14-12)11-7(3-5-20-11)10-2-1-4-19-10/h1-6,18H,(H,13,14,15,16). The Hall–Kier alpha value is -2.32. The van der Waals surface area contributed by atoms with Crippen molar-refractivity contribution in [3.63, 3.8) is 0 Å². The number of hydrogen-bond donors (Lipinski definition) is 2. The molecule has 6 nitrogen and oxygen atoms in total. The van der Waals surface area contributed by atoms with Crippen LogP contribution in [-0.2, 0) is 0 Å². The molecular formula is C12H8N4O2S2. The van der Waals surface area contributed by atoms with E-state index in [4.69, 9.17) is 0 Å². The first-order chi connectivity index (χ1) is 9.75. The second-order valence-corrected chi connectivity index (χ2v) is 5.63. The summed E-state index contributed by atoms with van der Waals surface area (Å²) in [5.41, 5.74) is 0.868. The van der Waals surface area contributed by atoms with Crippen molar-refractivity contribution >= 4 is 34.2 Å². The fourth-order valence-corrected chi connectivity index (χ4v) is 3.29. The van der Waals surface area contributed by atoms with Crippen LogP contribution in [0.4, 0.5) is 0 Å². The zero-order valence-corrected chi connectivity index (χ0v) is 11.6. The fraction of sp³-hybridized carbons (Fsp3) is 0. The minimum atomic E-state index is -0.311. The summed E-state index contributed by atoms with van der Waals surface area (Å²) in [6.07, 6.45) is 1.10. The van der Waals surface area contributed by atoms with Crippen LogP contribution < -0.4 is 0 Å². The average molecular weight is 304 g/mol. The first kappa shape index (κ1) is 12.7. The van der Waals surface area contributed by atoms with Crippen molar-refractivity contribution in [2.45, 2.75) is 0 Å². The normalized spacial score (nSPS) is 11.7. The maximum atomic E-state index is 12.2. The third-order valence-electron chi connectivity index (χ3n) is 2.52. The van der Waals surface area contributed by atoms with Crippen molar-refractivity contribution in [1.82, 2.24) is 20.6 Å². The van der Waals surface area contributed by atoms with Crippen LogP contribution in [0.15, 0.2) is 35.0 Å². The number of thiophene rings is 2. The lowest BCUT2D eigenvalue weighted by molar-refractivity contribution is 0.105. The molecule has 3 aromatic rings. The Labute approximate surface area is 121 Å². The zero-order chi connectivity index (χ0) is 13.9. The minimum Gasteiger partial charge on any atom is -0.504 e. The van der Waals surface area contributed by atoms with E-state index in [2.05, 4.69) is 20.6 Å². The Bertz CT molecular complexity index is 744. The number of aromatic nitrogens is 4. The maximum absolute atomic E-state index is 12.2. The number of aliphatic hydroxyl groups excluding tert-OH is 1. The second-order valence-electron chi connectivity index (χ2n) is 3.77. The first-order valence-corrected chi connectivity index (χ1v) is 7.32. The quantitative estimate of drug-likeness (QED) is 0.439. The van der Waals surface area contributed by atoms with Crippen LogP contribution in [0.2, 0.25) is 0 Å². The van der Waals surface area contributed by atoms with Crippen molar-refractivity contribution in [2.75, 3.05) is 0 Å². The molecule has 0 aliphatic heterocycles. The van der Waals surface area contributed by atoms with Crippen molar-refractivity contribution < 1.29 is 9.90 Å². The molecule has 0 aromatic carbocycles. The Balaban J connectivity index is 1.93. The van der Waals surface area contributed by atoms with Crippen LogP contribution in [0.3, 0.4) is 0 Å². The number of allylic oxidation sites excluding steroid dienone is 1. The molecule has 8 heteroatoms. The molecule has 0 radical (unpaired) electrons. The van der Waals surface area contributed by atoms with Gasteiger partial charge in [0.1, 0.15) is 0 Å². The number of H-pyrrole nitrogens is 1. The van der Waals surface area contributed by atoms with Crippen molar-refractivity contribution in [3.8, 4) is 10.4 Å². The smallest absolute Gasteiger partial charge is 0.239 e. The highest BCUT2D eigenvalue weighted by Crippen LogP contribution is 2.32. The van der Waals surface area contributed by atoms with Gasteiger partial charge in [-0.25, -0.2) is 0 Å². The fourth-order valence-electron chi connectivity index (χ4n) is 1.65. The predicted octanol–water partition coefficient (Wildman–Crippen LogP) is 2.77. The van der Waals surface area contributed by atoms with Gasteiger partial charge >= 0.3 is 0 Å². The molecule has 0 saturated carbocycles. The molecule has 0 saturated heterocycles. The van der Waals surface area contributed by atoms with Crippen LogP contribution in [0.25, 0.3) is 16.2 Å². The predicted molar refractivity (Wildman–Crippen MR) is 76.7 cm³/mol. The lowest BCUT2D eigenvalue weighted by Crippen LogP contribution is -1.96. The third-order valence-corrected chi connectivity index (χ3v) is 4.35. The van der Waals surface area contributed by atoms with Gasteiger partial charge in [-0.3, -0.25) is 4.79 Å². The van der Waals surface area contributed by atoms with Crippen LogP contribution >= 0.6 is 22.7 Å².